The van der Waals surface area contributed by atoms with Crippen molar-refractivity contribution in [2.45, 2.75) is 38.6 Å². The lowest BCUT2D eigenvalue weighted by molar-refractivity contribution is -0.124. The fourth-order valence-electron chi connectivity index (χ4n) is 4.55. The molecule has 0 radical (unpaired) electrons. The van der Waals surface area contributed by atoms with Crippen LogP contribution in [0.5, 0.6) is 5.88 Å². The van der Waals surface area contributed by atoms with Crippen LogP contribution in [0.25, 0.3) is 10.8 Å². The molecule has 2 saturated carbocycles. The number of hydrogen-bond donors (Lipinski definition) is 1. The third-order valence-electron chi connectivity index (χ3n) is 5.70. The molecule has 5 nitrogen and oxygen atoms in total. The van der Waals surface area contributed by atoms with Crippen LogP contribution < -0.4 is 10.1 Å². The Hall–Kier alpha value is -2.17. The van der Waals surface area contributed by atoms with E-state index >= 15 is 0 Å². The minimum absolute atomic E-state index is 0.0200. The maximum Gasteiger partial charge on any atom is 0.258 e. The van der Waals surface area contributed by atoms with E-state index < -0.39 is 0 Å². The Morgan fingerprint density at radius 2 is 2.21 bits per heavy atom. The molecule has 2 fully saturated rings. The quantitative estimate of drug-likeness (QED) is 0.918. The summed E-state index contributed by atoms with van der Waals surface area (Å²) < 4.78 is 5.62. The zero-order chi connectivity index (χ0) is 16.5. The summed E-state index contributed by atoms with van der Waals surface area (Å²) in [5, 5.41) is 12.9. The second-order valence-electron chi connectivity index (χ2n) is 7.22. The molecular formula is C19H23N3O2. The normalized spacial score (nSPS) is 26.5. The summed E-state index contributed by atoms with van der Waals surface area (Å²) in [4.78, 5) is 12.2. The molecule has 24 heavy (non-hydrogen) atoms. The van der Waals surface area contributed by atoms with Crippen LogP contribution in [-0.4, -0.2) is 28.8 Å². The fourth-order valence-corrected chi connectivity index (χ4v) is 4.55. The minimum Gasteiger partial charge on any atom is -0.466 e. The topological polar surface area (TPSA) is 64.1 Å². The Labute approximate surface area is 141 Å². The molecule has 4 atom stereocenters. The predicted octanol–water partition coefficient (Wildman–Crippen LogP) is 2.95. The number of fused-ring (bicyclic) bond motifs is 3. The Balaban J connectivity index is 1.34. The van der Waals surface area contributed by atoms with E-state index in [1.165, 1.54) is 25.7 Å². The molecule has 126 valence electrons. The monoisotopic (exact) mass is 325 g/mol. The second-order valence-corrected chi connectivity index (χ2v) is 7.22. The molecule has 0 spiro atoms. The van der Waals surface area contributed by atoms with Gasteiger partial charge in [0, 0.05) is 16.8 Å². The maximum absolute atomic E-state index is 12.2. The van der Waals surface area contributed by atoms with Crippen molar-refractivity contribution < 1.29 is 9.53 Å². The third-order valence-corrected chi connectivity index (χ3v) is 5.70. The van der Waals surface area contributed by atoms with Crippen molar-refractivity contribution in [2.75, 3.05) is 6.61 Å². The van der Waals surface area contributed by atoms with Gasteiger partial charge < -0.3 is 10.1 Å². The van der Waals surface area contributed by atoms with E-state index in [1.54, 1.807) is 6.20 Å². The molecule has 1 N–H and O–H groups in total. The first-order valence-electron chi connectivity index (χ1n) is 8.83. The number of rotatable bonds is 5. The van der Waals surface area contributed by atoms with Crippen molar-refractivity contribution in [3.63, 3.8) is 0 Å². The number of nitrogens with one attached hydrogen (secondary N) is 1. The van der Waals surface area contributed by atoms with Gasteiger partial charge in [-0.2, -0.15) is 5.10 Å². The molecule has 2 bridgehead atoms. The largest absolute Gasteiger partial charge is 0.466 e. The van der Waals surface area contributed by atoms with Crippen LogP contribution in [0, 0.1) is 17.8 Å². The average molecular weight is 325 g/mol. The first kappa shape index (κ1) is 15.4. The van der Waals surface area contributed by atoms with Crippen molar-refractivity contribution in [2.24, 2.45) is 17.8 Å². The van der Waals surface area contributed by atoms with E-state index in [0.717, 1.165) is 22.6 Å². The molecule has 1 amide bonds. The lowest BCUT2D eigenvalue weighted by atomic mass is 9.84. The third kappa shape index (κ3) is 2.95. The van der Waals surface area contributed by atoms with Crippen molar-refractivity contribution >= 4 is 16.7 Å². The minimum atomic E-state index is -0.0833. The van der Waals surface area contributed by atoms with Crippen LogP contribution in [0.4, 0.5) is 0 Å². The number of ether oxygens (including phenoxy) is 1. The SMILES string of the molecule is C[C@H](NC(=O)COc1nncc2ccccc12)[C@H]1C[C@@H]2CC[C@@H]1C2. The molecule has 0 aliphatic heterocycles. The summed E-state index contributed by atoms with van der Waals surface area (Å²) in [5.41, 5.74) is 0. The molecule has 1 aromatic carbocycles. The van der Waals surface area contributed by atoms with E-state index in [4.69, 9.17) is 4.74 Å². The van der Waals surface area contributed by atoms with E-state index in [-0.39, 0.29) is 18.6 Å². The highest BCUT2D eigenvalue weighted by molar-refractivity contribution is 5.86. The molecule has 5 heteroatoms. The van der Waals surface area contributed by atoms with Crippen molar-refractivity contribution in [3.05, 3.63) is 30.5 Å². The molecule has 1 aromatic heterocycles. The zero-order valence-electron chi connectivity index (χ0n) is 13.9. The van der Waals surface area contributed by atoms with Gasteiger partial charge in [-0.05, 0) is 50.0 Å². The first-order chi connectivity index (χ1) is 11.7. The summed E-state index contributed by atoms with van der Waals surface area (Å²) in [5.74, 6) is 2.65. The van der Waals surface area contributed by atoms with Gasteiger partial charge in [0.2, 0.25) is 5.88 Å². The van der Waals surface area contributed by atoms with Gasteiger partial charge in [-0.25, -0.2) is 0 Å². The van der Waals surface area contributed by atoms with Crippen molar-refractivity contribution in [1.29, 1.82) is 0 Å². The molecule has 2 aliphatic rings. The summed E-state index contributed by atoms with van der Waals surface area (Å²) in [6, 6.07) is 7.96. The van der Waals surface area contributed by atoms with Crippen LogP contribution in [0.15, 0.2) is 30.5 Å². The van der Waals surface area contributed by atoms with Gasteiger partial charge in [-0.3, -0.25) is 4.79 Å². The van der Waals surface area contributed by atoms with Gasteiger partial charge >= 0.3 is 0 Å². The van der Waals surface area contributed by atoms with Crippen molar-refractivity contribution in [1.82, 2.24) is 15.5 Å². The van der Waals surface area contributed by atoms with Gasteiger partial charge in [0.05, 0.1) is 6.20 Å². The van der Waals surface area contributed by atoms with E-state index in [2.05, 4.69) is 22.4 Å². The first-order valence-corrected chi connectivity index (χ1v) is 8.83. The lowest BCUT2D eigenvalue weighted by Gasteiger charge is -2.28. The molecular weight excluding hydrogens is 302 g/mol. The number of hydrogen-bond acceptors (Lipinski definition) is 4. The lowest BCUT2D eigenvalue weighted by Crippen LogP contribution is -2.42. The van der Waals surface area contributed by atoms with Gasteiger partial charge in [0.1, 0.15) is 0 Å². The Morgan fingerprint density at radius 3 is 3.00 bits per heavy atom. The maximum atomic E-state index is 12.2. The number of carbonyl (C=O) groups is 1. The van der Waals surface area contributed by atoms with Crippen LogP contribution in [0.2, 0.25) is 0 Å². The van der Waals surface area contributed by atoms with E-state index in [1.807, 2.05) is 24.3 Å². The Morgan fingerprint density at radius 1 is 1.33 bits per heavy atom. The zero-order valence-corrected chi connectivity index (χ0v) is 13.9. The highest BCUT2D eigenvalue weighted by atomic mass is 16.5. The predicted molar refractivity (Wildman–Crippen MR) is 91.6 cm³/mol. The van der Waals surface area contributed by atoms with Gasteiger partial charge in [0.15, 0.2) is 6.61 Å². The molecule has 1 heterocycles. The Bertz CT molecular complexity index is 743. The second kappa shape index (κ2) is 6.38. The van der Waals surface area contributed by atoms with Crippen LogP contribution in [0.3, 0.4) is 0 Å². The summed E-state index contributed by atoms with van der Waals surface area (Å²) in [6.07, 6.45) is 7.02. The molecule has 0 unspecified atom stereocenters. The fraction of sp³-hybridized carbons (Fsp3) is 0.526. The number of amides is 1. The van der Waals surface area contributed by atoms with E-state index in [9.17, 15) is 4.79 Å². The standard InChI is InChI=1S/C19H23N3O2/c1-12(17-9-13-6-7-14(17)8-13)21-18(23)11-24-19-16-5-3-2-4-15(16)10-20-22-19/h2-5,10,12-14,17H,6-9,11H2,1H3,(H,21,23)/t12-,13+,14+,17+/m0/s1. The Kier molecular flexibility index (Phi) is 4.08. The summed E-state index contributed by atoms with van der Waals surface area (Å²) >= 11 is 0. The molecule has 2 aliphatic carbocycles. The van der Waals surface area contributed by atoms with Crippen LogP contribution in [0.1, 0.15) is 32.6 Å². The smallest absolute Gasteiger partial charge is 0.258 e. The van der Waals surface area contributed by atoms with Crippen LogP contribution in [-0.2, 0) is 4.79 Å². The van der Waals surface area contributed by atoms with E-state index in [0.29, 0.717) is 11.8 Å². The average Bonchev–Trinajstić information content (AvgIpc) is 3.23. The van der Waals surface area contributed by atoms with Crippen LogP contribution >= 0.6 is 0 Å². The molecule has 2 aromatic rings. The number of benzene rings is 1. The highest BCUT2D eigenvalue weighted by Gasteiger charge is 2.42. The molecule has 4 rings (SSSR count). The van der Waals surface area contributed by atoms with Gasteiger partial charge in [-0.1, -0.05) is 24.6 Å². The van der Waals surface area contributed by atoms with Gasteiger partial charge in [0.25, 0.3) is 5.91 Å². The van der Waals surface area contributed by atoms with Gasteiger partial charge in [-0.15, -0.1) is 5.10 Å². The number of aromatic nitrogens is 2. The molecule has 0 saturated heterocycles. The highest BCUT2D eigenvalue weighted by Crippen LogP contribution is 2.49. The summed E-state index contributed by atoms with van der Waals surface area (Å²) in [7, 11) is 0. The summed E-state index contributed by atoms with van der Waals surface area (Å²) in [6.45, 7) is 2.11. The number of nitrogens with zero attached hydrogens (tertiary/aromatic N) is 2. The van der Waals surface area contributed by atoms with Crippen molar-refractivity contribution in [3.8, 4) is 5.88 Å². The number of carbonyl (C=O) groups excluding carboxylic acids is 1.